The molecule has 3 aromatic rings. The van der Waals surface area contributed by atoms with E-state index in [-0.39, 0.29) is 5.91 Å². The lowest BCUT2D eigenvalue weighted by molar-refractivity contribution is 0.0941. The average Bonchev–Trinajstić information content (AvgIpc) is 3.06. The van der Waals surface area contributed by atoms with Crippen LogP contribution in [-0.2, 0) is 0 Å². The van der Waals surface area contributed by atoms with Crippen molar-refractivity contribution in [2.45, 2.75) is 13.8 Å². The van der Waals surface area contributed by atoms with E-state index in [9.17, 15) is 4.79 Å². The molecule has 0 radical (unpaired) electrons. The van der Waals surface area contributed by atoms with Crippen molar-refractivity contribution in [3.05, 3.63) is 71.4 Å². The molecule has 0 aliphatic heterocycles. The minimum Gasteiger partial charge on any atom is -0.350 e. The molecule has 1 amide bonds. The number of hydrogen-bond acceptors (Lipinski definition) is 2. The summed E-state index contributed by atoms with van der Waals surface area (Å²) in [4.78, 5) is 12.7. The topological polar surface area (TPSA) is 46.9 Å². The van der Waals surface area contributed by atoms with Crippen LogP contribution < -0.4 is 5.32 Å². The Hall–Kier alpha value is -2.59. The highest BCUT2D eigenvalue weighted by atomic mass is 35.5. The van der Waals surface area contributed by atoms with Crippen molar-refractivity contribution in [3.63, 3.8) is 0 Å². The van der Waals surface area contributed by atoms with Gasteiger partial charge >= 0.3 is 0 Å². The van der Waals surface area contributed by atoms with Crippen molar-refractivity contribution in [2.24, 2.45) is 5.92 Å². The minimum absolute atomic E-state index is 0.140. The van der Waals surface area contributed by atoms with Crippen LogP contribution in [-0.4, -0.2) is 22.2 Å². The molecule has 1 N–H and O–H groups in total. The number of halogens is 1. The van der Waals surface area contributed by atoms with E-state index >= 15 is 0 Å². The van der Waals surface area contributed by atoms with E-state index in [1.807, 2.05) is 48.5 Å². The zero-order chi connectivity index (χ0) is 17.8. The molecular weight excluding hydrogens is 334 g/mol. The quantitative estimate of drug-likeness (QED) is 0.729. The Balaban J connectivity index is 2.03. The SMILES string of the molecule is CC(C)CNC(=O)c1cc(-c2ccccc2)nn1-c1ccc(Cl)cc1. The van der Waals surface area contributed by atoms with Crippen LogP contribution in [0.4, 0.5) is 0 Å². The van der Waals surface area contributed by atoms with Crippen LogP contribution in [0.15, 0.2) is 60.7 Å². The molecule has 25 heavy (non-hydrogen) atoms. The van der Waals surface area contributed by atoms with Gasteiger partial charge in [0.05, 0.1) is 11.4 Å². The summed E-state index contributed by atoms with van der Waals surface area (Å²) in [5, 5.41) is 8.24. The van der Waals surface area contributed by atoms with Gasteiger partial charge in [-0.1, -0.05) is 55.8 Å². The largest absolute Gasteiger partial charge is 0.350 e. The second-order valence-corrected chi connectivity index (χ2v) is 6.71. The summed E-state index contributed by atoms with van der Waals surface area (Å²) in [5.74, 6) is 0.239. The van der Waals surface area contributed by atoms with Crippen LogP contribution in [0.25, 0.3) is 16.9 Å². The Morgan fingerprint density at radius 3 is 2.44 bits per heavy atom. The number of carbonyl (C=O) groups excluding carboxylic acids is 1. The normalized spacial score (nSPS) is 10.9. The van der Waals surface area contributed by atoms with Crippen LogP contribution >= 0.6 is 11.6 Å². The molecular formula is C20H20ClN3O. The van der Waals surface area contributed by atoms with Gasteiger partial charge in [0, 0.05) is 17.1 Å². The summed E-state index contributed by atoms with van der Waals surface area (Å²) < 4.78 is 1.66. The molecule has 1 heterocycles. The summed E-state index contributed by atoms with van der Waals surface area (Å²) >= 11 is 5.98. The van der Waals surface area contributed by atoms with Gasteiger partial charge in [-0.3, -0.25) is 4.79 Å². The second-order valence-electron chi connectivity index (χ2n) is 6.27. The smallest absolute Gasteiger partial charge is 0.270 e. The summed E-state index contributed by atoms with van der Waals surface area (Å²) in [6.45, 7) is 4.74. The van der Waals surface area contributed by atoms with Gasteiger partial charge in [-0.15, -0.1) is 0 Å². The van der Waals surface area contributed by atoms with E-state index in [1.165, 1.54) is 0 Å². The van der Waals surface area contributed by atoms with Gasteiger partial charge in [-0.25, -0.2) is 4.68 Å². The number of carbonyl (C=O) groups is 1. The number of nitrogens with zero attached hydrogens (tertiary/aromatic N) is 2. The molecule has 1 aromatic heterocycles. The Kier molecular flexibility index (Phi) is 5.19. The van der Waals surface area contributed by atoms with Gasteiger partial charge in [-0.2, -0.15) is 5.10 Å². The Labute approximate surface area is 152 Å². The third kappa shape index (κ3) is 4.09. The highest BCUT2D eigenvalue weighted by Crippen LogP contribution is 2.22. The maximum Gasteiger partial charge on any atom is 0.270 e. The molecule has 4 nitrogen and oxygen atoms in total. The van der Waals surface area contributed by atoms with E-state index in [0.717, 1.165) is 16.9 Å². The molecule has 5 heteroatoms. The fraction of sp³-hybridized carbons (Fsp3) is 0.200. The van der Waals surface area contributed by atoms with Crippen molar-refractivity contribution in [2.75, 3.05) is 6.54 Å². The lowest BCUT2D eigenvalue weighted by Crippen LogP contribution is -2.29. The summed E-state index contributed by atoms with van der Waals surface area (Å²) in [7, 11) is 0. The molecule has 2 aromatic carbocycles. The van der Waals surface area contributed by atoms with Crippen LogP contribution in [0.3, 0.4) is 0 Å². The minimum atomic E-state index is -0.140. The third-order valence-corrected chi connectivity index (χ3v) is 4.01. The summed E-state index contributed by atoms with van der Waals surface area (Å²) in [5.41, 5.74) is 3.02. The number of benzene rings is 2. The first-order valence-electron chi connectivity index (χ1n) is 8.24. The van der Waals surface area contributed by atoms with Crippen LogP contribution in [0.1, 0.15) is 24.3 Å². The van der Waals surface area contributed by atoms with Crippen molar-refractivity contribution in [1.29, 1.82) is 0 Å². The highest BCUT2D eigenvalue weighted by Gasteiger charge is 2.17. The van der Waals surface area contributed by atoms with E-state index in [0.29, 0.717) is 23.2 Å². The summed E-state index contributed by atoms with van der Waals surface area (Å²) in [6.07, 6.45) is 0. The van der Waals surface area contributed by atoms with E-state index in [2.05, 4.69) is 24.3 Å². The Bertz CT molecular complexity index is 854. The number of aromatic nitrogens is 2. The van der Waals surface area contributed by atoms with Gasteiger partial charge in [0.1, 0.15) is 5.69 Å². The number of rotatable bonds is 5. The maximum absolute atomic E-state index is 12.7. The number of nitrogens with one attached hydrogen (secondary N) is 1. The number of amides is 1. The second kappa shape index (κ2) is 7.53. The van der Waals surface area contributed by atoms with Crippen molar-refractivity contribution >= 4 is 17.5 Å². The van der Waals surface area contributed by atoms with Crippen molar-refractivity contribution in [3.8, 4) is 16.9 Å². The molecule has 0 unspecified atom stereocenters. The summed E-state index contributed by atoms with van der Waals surface area (Å²) in [6, 6.07) is 18.9. The van der Waals surface area contributed by atoms with Gasteiger partial charge in [0.2, 0.25) is 0 Å². The molecule has 0 saturated carbocycles. The first kappa shape index (κ1) is 17.2. The molecule has 0 saturated heterocycles. The Morgan fingerprint density at radius 2 is 1.80 bits per heavy atom. The molecule has 0 bridgehead atoms. The monoisotopic (exact) mass is 353 g/mol. The van der Waals surface area contributed by atoms with Crippen LogP contribution in [0, 0.1) is 5.92 Å². The predicted octanol–water partition coefficient (Wildman–Crippen LogP) is 4.58. The Morgan fingerprint density at radius 1 is 1.12 bits per heavy atom. The molecule has 3 rings (SSSR count). The zero-order valence-electron chi connectivity index (χ0n) is 14.2. The van der Waals surface area contributed by atoms with Gasteiger partial charge in [0.25, 0.3) is 5.91 Å². The van der Waals surface area contributed by atoms with Gasteiger partial charge in [-0.05, 0) is 36.2 Å². The number of hydrogen-bond donors (Lipinski definition) is 1. The standard InChI is InChI=1S/C20H20ClN3O/c1-14(2)13-22-20(25)19-12-18(15-6-4-3-5-7-15)23-24(19)17-10-8-16(21)9-11-17/h3-12,14H,13H2,1-2H3,(H,22,25). The molecule has 0 fully saturated rings. The van der Waals surface area contributed by atoms with E-state index in [4.69, 9.17) is 11.6 Å². The van der Waals surface area contributed by atoms with E-state index < -0.39 is 0 Å². The maximum atomic E-state index is 12.7. The first-order chi connectivity index (χ1) is 12.0. The molecule has 0 aliphatic carbocycles. The lowest BCUT2D eigenvalue weighted by atomic mass is 10.1. The van der Waals surface area contributed by atoms with Gasteiger partial charge < -0.3 is 5.32 Å². The van der Waals surface area contributed by atoms with Crippen LogP contribution in [0.2, 0.25) is 5.02 Å². The van der Waals surface area contributed by atoms with Gasteiger partial charge in [0.15, 0.2) is 0 Å². The van der Waals surface area contributed by atoms with Crippen molar-refractivity contribution < 1.29 is 4.79 Å². The molecule has 0 aliphatic rings. The predicted molar refractivity (Wildman–Crippen MR) is 101 cm³/mol. The molecule has 0 atom stereocenters. The first-order valence-corrected chi connectivity index (χ1v) is 8.62. The molecule has 128 valence electrons. The zero-order valence-corrected chi connectivity index (χ0v) is 15.0. The van der Waals surface area contributed by atoms with E-state index in [1.54, 1.807) is 16.8 Å². The van der Waals surface area contributed by atoms with Crippen molar-refractivity contribution in [1.82, 2.24) is 15.1 Å². The highest BCUT2D eigenvalue weighted by molar-refractivity contribution is 6.30. The molecule has 0 spiro atoms. The lowest BCUT2D eigenvalue weighted by Gasteiger charge is -2.09. The third-order valence-electron chi connectivity index (χ3n) is 3.75. The fourth-order valence-electron chi connectivity index (χ4n) is 2.46. The van der Waals surface area contributed by atoms with Crippen LogP contribution in [0.5, 0.6) is 0 Å². The average molecular weight is 354 g/mol. The fourth-order valence-corrected chi connectivity index (χ4v) is 2.59.